The van der Waals surface area contributed by atoms with Gasteiger partial charge in [-0.1, -0.05) is 31.8 Å². The summed E-state index contributed by atoms with van der Waals surface area (Å²) in [5.41, 5.74) is 0. The molecule has 0 saturated carbocycles. The van der Waals surface area contributed by atoms with Crippen molar-refractivity contribution < 1.29 is 4.79 Å². The van der Waals surface area contributed by atoms with Crippen LogP contribution in [0, 0.1) is 0 Å². The molecule has 0 heterocycles. The molecule has 1 amide bonds. The third kappa shape index (κ3) is 11.2. The number of amides is 1. The Morgan fingerprint density at radius 3 is 2.23 bits per heavy atom. The molecule has 0 aliphatic rings. The summed E-state index contributed by atoms with van der Waals surface area (Å²) in [6, 6.07) is 0. The first-order valence-corrected chi connectivity index (χ1v) is 5.19. The highest BCUT2D eigenvalue weighted by atomic mass is 16.1. The Morgan fingerprint density at radius 2 is 1.62 bits per heavy atom. The van der Waals surface area contributed by atoms with Crippen LogP contribution in [0.1, 0.15) is 44.9 Å². The lowest BCUT2D eigenvalue weighted by Gasteiger charge is -2.00. The fraction of sp³-hybridized carbons (Fsp3) is 0.727. The van der Waals surface area contributed by atoms with Crippen LogP contribution in [0.25, 0.3) is 0 Å². The Labute approximate surface area is 81.4 Å². The van der Waals surface area contributed by atoms with Gasteiger partial charge in [-0.2, -0.15) is 0 Å². The van der Waals surface area contributed by atoms with Crippen molar-refractivity contribution >= 4 is 6.41 Å². The van der Waals surface area contributed by atoms with Crippen molar-refractivity contribution in [2.75, 3.05) is 6.54 Å². The molecule has 0 fully saturated rings. The molecule has 0 saturated heterocycles. The minimum Gasteiger partial charge on any atom is -0.359 e. The van der Waals surface area contributed by atoms with E-state index in [0.29, 0.717) is 0 Å². The number of rotatable bonds is 10. The zero-order chi connectivity index (χ0) is 9.78. The fourth-order valence-corrected chi connectivity index (χ4v) is 1.28. The third-order valence-corrected chi connectivity index (χ3v) is 2.06. The van der Waals surface area contributed by atoms with Crippen molar-refractivity contribution in [2.24, 2.45) is 0 Å². The highest BCUT2D eigenvalue weighted by Gasteiger charge is 1.89. The molecule has 0 rings (SSSR count). The van der Waals surface area contributed by atoms with Gasteiger partial charge in [-0.15, -0.1) is 6.58 Å². The van der Waals surface area contributed by atoms with Crippen LogP contribution >= 0.6 is 0 Å². The van der Waals surface area contributed by atoms with Crippen LogP contribution < -0.4 is 5.32 Å². The number of nitrogens with one attached hydrogen (secondary N) is 1. The molecule has 0 unspecified atom stereocenters. The van der Waals surface area contributed by atoms with Gasteiger partial charge in [0.15, 0.2) is 0 Å². The fourth-order valence-electron chi connectivity index (χ4n) is 1.28. The summed E-state index contributed by atoms with van der Waals surface area (Å²) < 4.78 is 0. The zero-order valence-electron chi connectivity index (χ0n) is 8.43. The van der Waals surface area contributed by atoms with E-state index in [1.54, 1.807) is 0 Å². The van der Waals surface area contributed by atoms with Crippen molar-refractivity contribution in [3.8, 4) is 0 Å². The van der Waals surface area contributed by atoms with Crippen molar-refractivity contribution in [3.05, 3.63) is 12.7 Å². The van der Waals surface area contributed by atoms with Crippen molar-refractivity contribution in [1.82, 2.24) is 5.32 Å². The van der Waals surface area contributed by atoms with Gasteiger partial charge in [-0.25, -0.2) is 0 Å². The summed E-state index contributed by atoms with van der Waals surface area (Å²) in [7, 11) is 0. The Morgan fingerprint density at radius 1 is 1.00 bits per heavy atom. The lowest BCUT2D eigenvalue weighted by Crippen LogP contribution is -2.11. The number of hydrogen-bond acceptors (Lipinski definition) is 1. The summed E-state index contributed by atoms with van der Waals surface area (Å²) in [6.07, 6.45) is 11.4. The molecule has 0 aromatic rings. The van der Waals surface area contributed by atoms with E-state index in [2.05, 4.69) is 11.9 Å². The topological polar surface area (TPSA) is 29.1 Å². The van der Waals surface area contributed by atoms with Crippen LogP contribution in [0.3, 0.4) is 0 Å². The first-order chi connectivity index (χ1) is 6.41. The van der Waals surface area contributed by atoms with E-state index < -0.39 is 0 Å². The van der Waals surface area contributed by atoms with Gasteiger partial charge in [0.05, 0.1) is 0 Å². The molecular formula is C11H21NO. The van der Waals surface area contributed by atoms with Crippen molar-refractivity contribution in [2.45, 2.75) is 44.9 Å². The molecule has 0 spiro atoms. The lowest BCUT2D eigenvalue weighted by atomic mass is 10.1. The molecule has 2 heteroatoms. The molecule has 1 N–H and O–H groups in total. The third-order valence-electron chi connectivity index (χ3n) is 2.06. The largest absolute Gasteiger partial charge is 0.359 e. The molecule has 0 aromatic carbocycles. The van der Waals surface area contributed by atoms with Crippen LogP contribution in [-0.4, -0.2) is 13.0 Å². The first kappa shape index (κ1) is 12.2. The maximum Gasteiger partial charge on any atom is 0.207 e. The number of allylic oxidation sites excluding steroid dienone is 1. The van der Waals surface area contributed by atoms with Crippen molar-refractivity contribution in [1.29, 1.82) is 0 Å². The molecule has 0 aliphatic heterocycles. The van der Waals surface area contributed by atoms with Gasteiger partial charge in [0, 0.05) is 6.54 Å². The van der Waals surface area contributed by atoms with E-state index in [9.17, 15) is 4.79 Å². The molecule has 0 aromatic heterocycles. The molecule has 0 atom stereocenters. The van der Waals surface area contributed by atoms with E-state index in [1.165, 1.54) is 32.1 Å². The van der Waals surface area contributed by atoms with Crippen LogP contribution in [0.5, 0.6) is 0 Å². The maximum atomic E-state index is 9.89. The average Bonchev–Trinajstić information content (AvgIpc) is 2.16. The second-order valence-electron chi connectivity index (χ2n) is 3.27. The lowest BCUT2D eigenvalue weighted by molar-refractivity contribution is -0.109. The first-order valence-electron chi connectivity index (χ1n) is 5.19. The van der Waals surface area contributed by atoms with Gasteiger partial charge in [0.25, 0.3) is 0 Å². The Kier molecular flexibility index (Phi) is 10.5. The monoisotopic (exact) mass is 183 g/mol. The van der Waals surface area contributed by atoms with E-state index in [1.807, 2.05) is 6.08 Å². The quantitative estimate of drug-likeness (QED) is 0.315. The van der Waals surface area contributed by atoms with Crippen LogP contribution in [0.15, 0.2) is 12.7 Å². The Hall–Kier alpha value is -0.790. The molecule has 0 aliphatic carbocycles. The molecule has 2 nitrogen and oxygen atoms in total. The predicted octanol–water partition coefficient (Wildman–Crippen LogP) is 2.65. The average molecular weight is 183 g/mol. The minimum absolute atomic E-state index is 0.768. The van der Waals surface area contributed by atoms with E-state index in [0.717, 1.165) is 25.8 Å². The van der Waals surface area contributed by atoms with E-state index in [4.69, 9.17) is 0 Å². The maximum absolute atomic E-state index is 9.89. The predicted molar refractivity (Wildman–Crippen MR) is 56.6 cm³/mol. The van der Waals surface area contributed by atoms with Crippen molar-refractivity contribution in [3.63, 3.8) is 0 Å². The second kappa shape index (κ2) is 11.2. The summed E-state index contributed by atoms with van der Waals surface area (Å²) in [5, 5.41) is 2.67. The SMILES string of the molecule is C=CCCCCCCCCNC=O. The van der Waals surface area contributed by atoms with Gasteiger partial charge >= 0.3 is 0 Å². The number of hydrogen-bond donors (Lipinski definition) is 1. The summed E-state index contributed by atoms with van der Waals surface area (Å²) in [6.45, 7) is 4.52. The Balaban J connectivity index is 2.83. The molecule has 76 valence electrons. The van der Waals surface area contributed by atoms with Gasteiger partial charge in [-0.3, -0.25) is 4.79 Å². The molecule has 0 radical (unpaired) electrons. The molecule has 13 heavy (non-hydrogen) atoms. The Bertz CT molecular complexity index is 109. The summed E-state index contributed by atoms with van der Waals surface area (Å²) in [4.78, 5) is 9.89. The van der Waals surface area contributed by atoms with Gasteiger partial charge in [0.1, 0.15) is 0 Å². The van der Waals surface area contributed by atoms with Crippen LogP contribution in [0.2, 0.25) is 0 Å². The number of carbonyl (C=O) groups excluding carboxylic acids is 1. The van der Waals surface area contributed by atoms with Gasteiger partial charge in [-0.05, 0) is 19.3 Å². The molecule has 0 bridgehead atoms. The zero-order valence-corrected chi connectivity index (χ0v) is 8.43. The highest BCUT2D eigenvalue weighted by molar-refractivity contribution is 5.45. The summed E-state index contributed by atoms with van der Waals surface area (Å²) >= 11 is 0. The minimum atomic E-state index is 0.768. The summed E-state index contributed by atoms with van der Waals surface area (Å²) in [5.74, 6) is 0. The molecular weight excluding hydrogens is 162 g/mol. The van der Waals surface area contributed by atoms with Gasteiger partial charge in [0.2, 0.25) is 6.41 Å². The standard InChI is InChI=1S/C11H21NO/c1-2-3-4-5-6-7-8-9-10-12-11-13/h2,11H,1,3-10H2,(H,12,13). The second-order valence-corrected chi connectivity index (χ2v) is 3.27. The smallest absolute Gasteiger partial charge is 0.207 e. The number of unbranched alkanes of at least 4 members (excludes halogenated alkanes) is 6. The normalized spacial score (nSPS) is 9.54. The highest BCUT2D eigenvalue weighted by Crippen LogP contribution is 2.06. The van der Waals surface area contributed by atoms with E-state index in [-0.39, 0.29) is 0 Å². The van der Waals surface area contributed by atoms with E-state index >= 15 is 0 Å². The van der Waals surface area contributed by atoms with Gasteiger partial charge < -0.3 is 5.32 Å². The van der Waals surface area contributed by atoms with Crippen LogP contribution in [-0.2, 0) is 4.79 Å². The number of carbonyl (C=O) groups is 1. The van der Waals surface area contributed by atoms with Crippen LogP contribution in [0.4, 0.5) is 0 Å².